The first-order valence-corrected chi connectivity index (χ1v) is 10.1. The largest absolute Gasteiger partial charge is 0.493 e. The van der Waals surface area contributed by atoms with E-state index in [1.165, 1.54) is 19.2 Å². The molecule has 1 saturated heterocycles. The number of methoxy groups -OCH3 is 1. The number of piperazine rings is 1. The summed E-state index contributed by atoms with van der Waals surface area (Å²) in [5.74, 6) is 0.640. The number of aliphatic hydroxyl groups is 1. The van der Waals surface area contributed by atoms with Crippen LogP contribution in [0.4, 0.5) is 4.39 Å². The molecule has 0 unspecified atom stereocenters. The number of rotatable bonds is 7. The van der Waals surface area contributed by atoms with Gasteiger partial charge in [-0.2, -0.15) is 0 Å². The van der Waals surface area contributed by atoms with Crippen LogP contribution < -0.4 is 9.47 Å². The van der Waals surface area contributed by atoms with Crippen molar-refractivity contribution >= 4 is 5.91 Å². The molecule has 162 valence electrons. The van der Waals surface area contributed by atoms with Crippen molar-refractivity contribution in [3.63, 3.8) is 0 Å². The SMILES string of the molecule is COc1cc(CO)ccc1OCC(=O)N1C[C@@H](C)N(Cc2ccc(F)cc2)C[C@@H]1C. The van der Waals surface area contributed by atoms with E-state index in [2.05, 4.69) is 11.8 Å². The van der Waals surface area contributed by atoms with Crippen LogP contribution in [0.15, 0.2) is 42.5 Å². The molecule has 0 bridgehead atoms. The van der Waals surface area contributed by atoms with Gasteiger partial charge >= 0.3 is 0 Å². The highest BCUT2D eigenvalue weighted by molar-refractivity contribution is 5.78. The van der Waals surface area contributed by atoms with E-state index in [9.17, 15) is 14.3 Å². The molecule has 30 heavy (non-hydrogen) atoms. The molecule has 1 heterocycles. The quantitative estimate of drug-likeness (QED) is 0.752. The highest BCUT2D eigenvalue weighted by Crippen LogP contribution is 2.28. The number of aliphatic hydroxyl groups excluding tert-OH is 1. The normalized spacial score (nSPS) is 19.6. The van der Waals surface area contributed by atoms with Crippen LogP contribution in [0.25, 0.3) is 0 Å². The number of halogens is 1. The Morgan fingerprint density at radius 3 is 2.43 bits per heavy atom. The molecule has 1 aliphatic heterocycles. The summed E-state index contributed by atoms with van der Waals surface area (Å²) >= 11 is 0. The first-order chi connectivity index (χ1) is 14.4. The first-order valence-electron chi connectivity index (χ1n) is 10.1. The summed E-state index contributed by atoms with van der Waals surface area (Å²) in [6, 6.07) is 11.9. The van der Waals surface area contributed by atoms with Gasteiger partial charge < -0.3 is 19.5 Å². The highest BCUT2D eigenvalue weighted by Gasteiger charge is 2.32. The van der Waals surface area contributed by atoms with Crippen molar-refractivity contribution in [1.29, 1.82) is 0 Å². The second-order valence-corrected chi connectivity index (χ2v) is 7.73. The number of benzene rings is 2. The Bertz CT molecular complexity index is 859. The zero-order chi connectivity index (χ0) is 21.7. The van der Waals surface area contributed by atoms with Gasteiger partial charge in [0.1, 0.15) is 5.82 Å². The van der Waals surface area contributed by atoms with Crippen molar-refractivity contribution in [2.45, 2.75) is 39.1 Å². The second-order valence-electron chi connectivity index (χ2n) is 7.73. The number of carbonyl (C=O) groups excluding carboxylic acids is 1. The monoisotopic (exact) mass is 416 g/mol. The lowest BCUT2D eigenvalue weighted by Crippen LogP contribution is -2.58. The predicted molar refractivity (Wildman–Crippen MR) is 112 cm³/mol. The lowest BCUT2D eigenvalue weighted by Gasteiger charge is -2.44. The van der Waals surface area contributed by atoms with Gasteiger partial charge in [0.15, 0.2) is 18.1 Å². The molecule has 1 amide bonds. The van der Waals surface area contributed by atoms with Crippen molar-refractivity contribution in [3.05, 3.63) is 59.4 Å². The minimum absolute atomic E-state index is 0.0383. The van der Waals surface area contributed by atoms with Crippen LogP contribution >= 0.6 is 0 Å². The number of hydrogen-bond acceptors (Lipinski definition) is 5. The summed E-state index contributed by atoms with van der Waals surface area (Å²) < 4.78 is 24.1. The van der Waals surface area contributed by atoms with E-state index in [-0.39, 0.29) is 37.0 Å². The van der Waals surface area contributed by atoms with Gasteiger partial charge in [-0.3, -0.25) is 9.69 Å². The number of nitrogens with zero attached hydrogens (tertiary/aromatic N) is 2. The molecule has 6 nitrogen and oxygen atoms in total. The number of hydrogen-bond donors (Lipinski definition) is 1. The average Bonchev–Trinajstić information content (AvgIpc) is 2.75. The number of amides is 1. The number of carbonyl (C=O) groups is 1. The molecule has 1 aliphatic rings. The van der Waals surface area contributed by atoms with E-state index >= 15 is 0 Å². The summed E-state index contributed by atoms with van der Waals surface area (Å²) in [5.41, 5.74) is 1.77. The van der Waals surface area contributed by atoms with Gasteiger partial charge in [-0.25, -0.2) is 4.39 Å². The summed E-state index contributed by atoms with van der Waals surface area (Å²) in [7, 11) is 1.52. The van der Waals surface area contributed by atoms with E-state index in [0.29, 0.717) is 23.6 Å². The summed E-state index contributed by atoms with van der Waals surface area (Å²) in [5, 5.41) is 9.24. The van der Waals surface area contributed by atoms with Crippen LogP contribution in [0.5, 0.6) is 11.5 Å². The first kappa shape index (κ1) is 22.1. The maximum absolute atomic E-state index is 13.1. The topological polar surface area (TPSA) is 62.2 Å². The Morgan fingerprint density at radius 1 is 1.07 bits per heavy atom. The summed E-state index contributed by atoms with van der Waals surface area (Å²) in [6.07, 6.45) is 0. The minimum Gasteiger partial charge on any atom is -0.493 e. The average molecular weight is 416 g/mol. The molecule has 2 atom stereocenters. The van der Waals surface area contributed by atoms with Gasteiger partial charge in [0, 0.05) is 31.7 Å². The van der Waals surface area contributed by atoms with Crippen LogP contribution in [0, 0.1) is 5.82 Å². The van der Waals surface area contributed by atoms with Crippen molar-refractivity contribution in [3.8, 4) is 11.5 Å². The predicted octanol–water partition coefficient (Wildman–Crippen LogP) is 2.83. The van der Waals surface area contributed by atoms with E-state index in [0.717, 1.165) is 18.7 Å². The maximum Gasteiger partial charge on any atom is 0.260 e. The van der Waals surface area contributed by atoms with Crippen LogP contribution in [-0.2, 0) is 17.9 Å². The third kappa shape index (κ3) is 5.29. The Morgan fingerprint density at radius 2 is 1.77 bits per heavy atom. The van der Waals surface area contributed by atoms with Crippen LogP contribution in [0.3, 0.4) is 0 Å². The standard InChI is InChI=1S/C23H29FN2O4/c1-16-12-26(17(2)11-25(16)13-18-4-7-20(24)8-5-18)23(28)15-30-21-9-6-19(14-27)10-22(21)29-3/h4-10,16-17,27H,11-15H2,1-3H3/t16-,17+/m1/s1. The molecule has 0 saturated carbocycles. The smallest absolute Gasteiger partial charge is 0.260 e. The van der Waals surface area contributed by atoms with Crippen molar-refractivity contribution in [1.82, 2.24) is 9.80 Å². The Balaban J connectivity index is 1.58. The maximum atomic E-state index is 13.1. The van der Waals surface area contributed by atoms with Gasteiger partial charge in [-0.15, -0.1) is 0 Å². The van der Waals surface area contributed by atoms with Gasteiger partial charge in [-0.1, -0.05) is 18.2 Å². The lowest BCUT2D eigenvalue weighted by atomic mass is 10.1. The van der Waals surface area contributed by atoms with E-state index in [1.807, 2.05) is 11.8 Å². The minimum atomic E-state index is -0.238. The Labute approximate surface area is 176 Å². The van der Waals surface area contributed by atoms with Gasteiger partial charge in [-0.05, 0) is 49.2 Å². The lowest BCUT2D eigenvalue weighted by molar-refractivity contribution is -0.139. The van der Waals surface area contributed by atoms with Crippen LogP contribution in [0.1, 0.15) is 25.0 Å². The van der Waals surface area contributed by atoms with E-state index in [4.69, 9.17) is 9.47 Å². The Kier molecular flexibility index (Phi) is 7.29. The molecule has 2 aromatic carbocycles. The fourth-order valence-corrected chi connectivity index (χ4v) is 3.74. The molecule has 0 radical (unpaired) electrons. The molecular weight excluding hydrogens is 387 g/mol. The molecule has 2 aromatic rings. The molecule has 0 spiro atoms. The molecule has 0 aliphatic carbocycles. The summed E-state index contributed by atoms with van der Waals surface area (Å²) in [6.45, 7) is 6.00. The highest BCUT2D eigenvalue weighted by atomic mass is 19.1. The second kappa shape index (κ2) is 9.91. The molecule has 0 aromatic heterocycles. The zero-order valence-corrected chi connectivity index (χ0v) is 17.7. The van der Waals surface area contributed by atoms with Crippen molar-refractivity contribution in [2.75, 3.05) is 26.8 Å². The van der Waals surface area contributed by atoms with Crippen molar-refractivity contribution in [2.24, 2.45) is 0 Å². The molecule has 1 fully saturated rings. The molecule has 3 rings (SSSR count). The zero-order valence-electron chi connectivity index (χ0n) is 17.7. The van der Waals surface area contributed by atoms with E-state index < -0.39 is 0 Å². The van der Waals surface area contributed by atoms with Gasteiger partial charge in [0.2, 0.25) is 0 Å². The van der Waals surface area contributed by atoms with Crippen LogP contribution in [-0.4, -0.2) is 59.7 Å². The van der Waals surface area contributed by atoms with E-state index in [1.54, 1.807) is 30.3 Å². The number of ether oxygens (including phenoxy) is 2. The summed E-state index contributed by atoms with van der Waals surface area (Å²) in [4.78, 5) is 17.0. The molecule has 7 heteroatoms. The molecule has 1 N–H and O–H groups in total. The third-order valence-corrected chi connectivity index (χ3v) is 5.50. The fraction of sp³-hybridized carbons (Fsp3) is 0.435. The van der Waals surface area contributed by atoms with Gasteiger partial charge in [0.25, 0.3) is 5.91 Å². The van der Waals surface area contributed by atoms with Gasteiger partial charge in [0.05, 0.1) is 13.7 Å². The Hall–Kier alpha value is -2.64. The fourth-order valence-electron chi connectivity index (χ4n) is 3.74. The van der Waals surface area contributed by atoms with Crippen molar-refractivity contribution < 1.29 is 23.8 Å². The molecular formula is C23H29FN2O4. The third-order valence-electron chi connectivity index (χ3n) is 5.50. The van der Waals surface area contributed by atoms with Crippen LogP contribution in [0.2, 0.25) is 0 Å².